The van der Waals surface area contributed by atoms with Crippen molar-refractivity contribution in [3.8, 4) is 0 Å². The third kappa shape index (κ3) is 6.84. The molecule has 1 aromatic carbocycles. The van der Waals surface area contributed by atoms with E-state index < -0.39 is 10.0 Å². The fourth-order valence-electron chi connectivity index (χ4n) is 3.94. The number of likely N-dealkylation sites (tertiary alicyclic amines) is 1. The van der Waals surface area contributed by atoms with E-state index in [4.69, 9.17) is 0 Å². The molecule has 2 aromatic rings. The Hall–Kier alpha value is -1.81. The Labute approximate surface area is 195 Å². The first kappa shape index (κ1) is 24.8. The van der Waals surface area contributed by atoms with Gasteiger partial charge < -0.3 is 5.32 Å². The first-order valence-electron chi connectivity index (χ1n) is 11.5. The van der Waals surface area contributed by atoms with E-state index in [-0.39, 0.29) is 10.8 Å². The predicted octanol–water partition coefficient (Wildman–Crippen LogP) is 4.12. The van der Waals surface area contributed by atoms with E-state index in [2.05, 4.69) is 15.2 Å². The number of benzene rings is 1. The molecule has 9 heteroatoms. The molecule has 32 heavy (non-hydrogen) atoms. The molecule has 0 spiro atoms. The van der Waals surface area contributed by atoms with Crippen LogP contribution in [0.2, 0.25) is 0 Å². The molecule has 0 radical (unpaired) electrons. The second kappa shape index (κ2) is 11.9. The Morgan fingerprint density at radius 3 is 2.38 bits per heavy atom. The van der Waals surface area contributed by atoms with Gasteiger partial charge in [0, 0.05) is 31.4 Å². The predicted molar refractivity (Wildman–Crippen MR) is 129 cm³/mol. The highest BCUT2D eigenvalue weighted by Crippen LogP contribution is 2.20. The summed E-state index contributed by atoms with van der Waals surface area (Å²) in [5.74, 6) is -0.0829. The molecule has 1 amide bonds. The number of nitrogens with one attached hydrogen (secondary N) is 1. The number of carbonyl (C=O) groups is 1. The van der Waals surface area contributed by atoms with Crippen LogP contribution in [-0.4, -0.2) is 54.7 Å². The van der Waals surface area contributed by atoms with Gasteiger partial charge in [-0.25, -0.2) is 13.4 Å². The maximum Gasteiger partial charge on any atom is 0.243 e. The molecule has 0 unspecified atom stereocenters. The molecular weight excluding hydrogens is 444 g/mol. The minimum Gasteiger partial charge on any atom is -0.302 e. The Bertz CT molecular complexity index is 961. The fourth-order valence-corrected chi connectivity index (χ4v) is 6.12. The zero-order valence-corrected chi connectivity index (χ0v) is 20.7. The van der Waals surface area contributed by atoms with Crippen molar-refractivity contribution in [2.24, 2.45) is 0 Å². The summed E-state index contributed by atoms with van der Waals surface area (Å²) >= 11 is 1.46. The van der Waals surface area contributed by atoms with Crippen molar-refractivity contribution in [3.63, 3.8) is 0 Å². The summed E-state index contributed by atoms with van der Waals surface area (Å²) < 4.78 is 26.6. The van der Waals surface area contributed by atoms with Gasteiger partial charge in [-0.2, -0.15) is 4.31 Å². The number of sulfonamides is 1. The molecule has 1 aliphatic heterocycles. The smallest absolute Gasteiger partial charge is 0.243 e. The maximum atomic E-state index is 12.6. The minimum absolute atomic E-state index is 0.0829. The number of rotatable bonds is 10. The highest BCUT2D eigenvalue weighted by molar-refractivity contribution is 7.89. The zero-order chi connectivity index (χ0) is 23.0. The van der Waals surface area contributed by atoms with Gasteiger partial charge in [0.15, 0.2) is 5.13 Å². The number of nitrogens with zero attached hydrogens (tertiary/aromatic N) is 3. The van der Waals surface area contributed by atoms with Crippen LogP contribution in [0, 0.1) is 0 Å². The van der Waals surface area contributed by atoms with Gasteiger partial charge in [-0.1, -0.05) is 38.8 Å². The van der Waals surface area contributed by atoms with Gasteiger partial charge in [-0.3, -0.25) is 9.69 Å². The Balaban J connectivity index is 1.48. The molecule has 1 N–H and O–H groups in total. The molecule has 0 bridgehead atoms. The van der Waals surface area contributed by atoms with Crippen molar-refractivity contribution in [1.29, 1.82) is 0 Å². The molecular formula is C23H34N4O3S2. The summed E-state index contributed by atoms with van der Waals surface area (Å²) in [5, 5.41) is 5.56. The fraction of sp³-hybridized carbons (Fsp3) is 0.565. The van der Waals surface area contributed by atoms with Crippen LogP contribution in [0.25, 0.3) is 0 Å². The van der Waals surface area contributed by atoms with E-state index in [1.807, 2.05) is 19.2 Å². The van der Waals surface area contributed by atoms with Gasteiger partial charge in [0.25, 0.3) is 0 Å². The van der Waals surface area contributed by atoms with E-state index in [0.717, 1.165) is 30.9 Å². The highest BCUT2D eigenvalue weighted by atomic mass is 32.2. The summed E-state index contributed by atoms with van der Waals surface area (Å²) in [6.45, 7) is 7.62. The largest absolute Gasteiger partial charge is 0.302 e. The van der Waals surface area contributed by atoms with E-state index >= 15 is 0 Å². The first-order chi connectivity index (χ1) is 15.4. The highest BCUT2D eigenvalue weighted by Gasteiger charge is 2.21. The maximum absolute atomic E-state index is 12.6. The van der Waals surface area contributed by atoms with E-state index in [0.29, 0.717) is 31.1 Å². The molecule has 1 aliphatic rings. The minimum atomic E-state index is -3.46. The summed E-state index contributed by atoms with van der Waals surface area (Å²) in [6, 6.07) is 6.81. The molecule has 1 fully saturated rings. The number of amides is 1. The topological polar surface area (TPSA) is 82.6 Å². The number of hydrogen-bond donors (Lipinski definition) is 1. The van der Waals surface area contributed by atoms with Crippen LogP contribution in [0.5, 0.6) is 0 Å². The van der Waals surface area contributed by atoms with Gasteiger partial charge >= 0.3 is 0 Å². The van der Waals surface area contributed by atoms with Crippen LogP contribution in [-0.2, 0) is 27.8 Å². The van der Waals surface area contributed by atoms with E-state index in [1.54, 1.807) is 24.3 Å². The van der Waals surface area contributed by atoms with Crippen molar-refractivity contribution in [2.45, 2.75) is 63.8 Å². The molecule has 2 heterocycles. The van der Waals surface area contributed by atoms with Crippen LogP contribution in [0.3, 0.4) is 0 Å². The quantitative estimate of drug-likeness (QED) is 0.555. The molecule has 3 rings (SSSR count). The number of hydrogen-bond acceptors (Lipinski definition) is 6. The normalized spacial score (nSPS) is 15.6. The van der Waals surface area contributed by atoms with Crippen molar-refractivity contribution < 1.29 is 13.2 Å². The average molecular weight is 479 g/mol. The van der Waals surface area contributed by atoms with Gasteiger partial charge in [0.05, 0.1) is 10.6 Å². The van der Waals surface area contributed by atoms with E-state index in [9.17, 15) is 13.2 Å². The Morgan fingerprint density at radius 2 is 1.75 bits per heavy atom. The lowest BCUT2D eigenvalue weighted by Crippen LogP contribution is -2.30. The van der Waals surface area contributed by atoms with Gasteiger partial charge in [-0.15, -0.1) is 11.3 Å². The number of aryl methyl sites for hydroxylation is 1. The lowest BCUT2D eigenvalue weighted by molar-refractivity contribution is -0.116. The van der Waals surface area contributed by atoms with Crippen molar-refractivity contribution in [3.05, 3.63) is 40.9 Å². The lowest BCUT2D eigenvalue weighted by atomic mass is 10.1. The molecule has 176 valence electrons. The number of aromatic nitrogens is 1. The van der Waals surface area contributed by atoms with Crippen LogP contribution in [0.4, 0.5) is 5.13 Å². The molecule has 0 atom stereocenters. The summed E-state index contributed by atoms with van der Waals surface area (Å²) in [5.41, 5.74) is 1.94. The molecule has 1 aromatic heterocycles. The van der Waals surface area contributed by atoms with Crippen molar-refractivity contribution in [1.82, 2.24) is 14.2 Å². The van der Waals surface area contributed by atoms with Crippen LogP contribution < -0.4 is 5.32 Å². The Morgan fingerprint density at radius 1 is 1.09 bits per heavy atom. The van der Waals surface area contributed by atoms with Gasteiger partial charge in [-0.05, 0) is 50.0 Å². The van der Waals surface area contributed by atoms with Crippen LogP contribution in [0.1, 0.15) is 57.2 Å². The average Bonchev–Trinajstić information content (AvgIpc) is 3.05. The molecule has 0 aliphatic carbocycles. The molecule has 1 saturated heterocycles. The van der Waals surface area contributed by atoms with Crippen LogP contribution in [0.15, 0.2) is 34.5 Å². The second-order valence-electron chi connectivity index (χ2n) is 8.12. The monoisotopic (exact) mass is 478 g/mol. The van der Waals surface area contributed by atoms with Gasteiger partial charge in [0.1, 0.15) is 0 Å². The molecule has 0 saturated carbocycles. The Kier molecular flexibility index (Phi) is 9.22. The lowest BCUT2D eigenvalue weighted by Gasteiger charge is -2.18. The summed E-state index contributed by atoms with van der Waals surface area (Å²) in [4.78, 5) is 19.7. The third-order valence-corrected chi connectivity index (χ3v) is 8.66. The van der Waals surface area contributed by atoms with Crippen LogP contribution >= 0.6 is 11.3 Å². The molecule has 7 nitrogen and oxygen atoms in total. The zero-order valence-electron chi connectivity index (χ0n) is 19.0. The first-order valence-corrected chi connectivity index (χ1v) is 13.8. The standard InChI is InChI=1S/C23H34N4O3S2/c1-3-27(4-2)32(29,30)21-12-9-19(10-13-21)11-14-22(28)25-23-24-20(18-31-23)17-26-15-7-5-6-8-16-26/h9-10,12-13,18H,3-8,11,14-17H2,1-2H3,(H,24,25,28). The summed E-state index contributed by atoms with van der Waals surface area (Å²) in [6.07, 6.45) is 5.98. The number of carbonyl (C=O) groups excluding carboxylic acids is 1. The number of thiazole rings is 1. The van der Waals surface area contributed by atoms with Crippen molar-refractivity contribution >= 4 is 32.4 Å². The number of anilines is 1. The van der Waals surface area contributed by atoms with Gasteiger partial charge in [0.2, 0.25) is 15.9 Å². The second-order valence-corrected chi connectivity index (χ2v) is 10.9. The summed E-state index contributed by atoms with van der Waals surface area (Å²) in [7, 11) is -3.46. The van der Waals surface area contributed by atoms with E-state index in [1.165, 1.54) is 41.3 Å². The third-order valence-electron chi connectivity index (χ3n) is 5.79. The van der Waals surface area contributed by atoms with Crippen molar-refractivity contribution in [2.75, 3.05) is 31.5 Å². The SMILES string of the molecule is CCN(CC)S(=O)(=O)c1ccc(CCC(=O)Nc2nc(CN3CCCCCC3)cs2)cc1.